The molecule has 0 unspecified atom stereocenters. The van der Waals surface area contributed by atoms with Crippen molar-refractivity contribution in [3.05, 3.63) is 99.5 Å². The molecule has 0 amide bonds. The molecule has 0 saturated carbocycles. The highest BCUT2D eigenvalue weighted by Crippen LogP contribution is 2.24. The van der Waals surface area contributed by atoms with E-state index in [9.17, 15) is 4.79 Å². The van der Waals surface area contributed by atoms with Crippen molar-refractivity contribution in [2.24, 2.45) is 0 Å². The average Bonchev–Trinajstić information content (AvgIpc) is 2.62. The van der Waals surface area contributed by atoms with Gasteiger partial charge < -0.3 is 5.32 Å². The summed E-state index contributed by atoms with van der Waals surface area (Å²) in [6.07, 6.45) is 0. The summed E-state index contributed by atoms with van der Waals surface area (Å²) in [4.78, 5) is 12.8. The molecule has 0 radical (unpaired) electrons. The lowest BCUT2D eigenvalue weighted by molar-refractivity contribution is 0.103. The Labute approximate surface area is 151 Å². The number of ketones is 1. The van der Waals surface area contributed by atoms with Crippen LogP contribution in [0.1, 0.15) is 21.5 Å². The number of nitrogens with one attached hydrogen (secondary N) is 1. The molecule has 3 aromatic rings. The molecular weight excluding hydrogens is 341 g/mol. The molecule has 120 valence electrons. The molecule has 0 aliphatic heterocycles. The van der Waals surface area contributed by atoms with Crippen LogP contribution in [0.3, 0.4) is 0 Å². The van der Waals surface area contributed by atoms with Crippen LogP contribution >= 0.6 is 23.2 Å². The van der Waals surface area contributed by atoms with Crippen molar-refractivity contribution < 1.29 is 4.79 Å². The van der Waals surface area contributed by atoms with Crippen LogP contribution in [-0.2, 0) is 6.54 Å². The third-order valence-corrected chi connectivity index (χ3v) is 4.15. The molecule has 0 spiro atoms. The molecule has 4 heteroatoms. The molecule has 0 bridgehead atoms. The Morgan fingerprint density at radius 3 is 2.21 bits per heavy atom. The Kier molecular flexibility index (Phi) is 5.19. The Hall–Kier alpha value is -2.29. The molecule has 24 heavy (non-hydrogen) atoms. The van der Waals surface area contributed by atoms with E-state index in [-0.39, 0.29) is 5.78 Å². The van der Waals surface area contributed by atoms with Gasteiger partial charge in [0.2, 0.25) is 0 Å². The van der Waals surface area contributed by atoms with E-state index in [0.29, 0.717) is 27.7 Å². The maximum Gasteiger partial charge on any atom is 0.195 e. The molecule has 0 aliphatic carbocycles. The summed E-state index contributed by atoms with van der Waals surface area (Å²) in [5.74, 6) is -0.0586. The lowest BCUT2D eigenvalue weighted by atomic mass is 10.0. The number of carbonyl (C=O) groups is 1. The first-order chi connectivity index (χ1) is 11.6. The van der Waals surface area contributed by atoms with Gasteiger partial charge in [-0.2, -0.15) is 0 Å². The summed E-state index contributed by atoms with van der Waals surface area (Å²) < 4.78 is 0. The topological polar surface area (TPSA) is 29.1 Å². The third-order valence-electron chi connectivity index (χ3n) is 3.66. The van der Waals surface area contributed by atoms with Crippen LogP contribution in [0.25, 0.3) is 0 Å². The smallest absolute Gasteiger partial charge is 0.195 e. The Morgan fingerprint density at radius 1 is 0.833 bits per heavy atom. The number of hydrogen-bond acceptors (Lipinski definition) is 2. The number of anilines is 1. The highest BCUT2D eigenvalue weighted by atomic mass is 35.5. The first kappa shape index (κ1) is 16.6. The van der Waals surface area contributed by atoms with Crippen molar-refractivity contribution in [1.29, 1.82) is 0 Å². The molecular formula is C20H15Cl2NO. The van der Waals surface area contributed by atoms with Gasteiger partial charge in [0, 0.05) is 33.4 Å². The van der Waals surface area contributed by atoms with E-state index in [4.69, 9.17) is 23.2 Å². The maximum atomic E-state index is 12.8. The molecule has 2 nitrogen and oxygen atoms in total. The van der Waals surface area contributed by atoms with Gasteiger partial charge in [-0.05, 0) is 35.9 Å². The van der Waals surface area contributed by atoms with Crippen LogP contribution < -0.4 is 5.32 Å². The second kappa shape index (κ2) is 7.52. The van der Waals surface area contributed by atoms with Gasteiger partial charge >= 0.3 is 0 Å². The van der Waals surface area contributed by atoms with E-state index in [1.54, 1.807) is 24.3 Å². The van der Waals surface area contributed by atoms with Gasteiger partial charge in [0.15, 0.2) is 5.78 Å². The number of rotatable bonds is 5. The summed E-state index contributed by atoms with van der Waals surface area (Å²) in [6.45, 7) is 0.591. The molecule has 0 heterocycles. The van der Waals surface area contributed by atoms with Gasteiger partial charge in [0.25, 0.3) is 0 Å². The van der Waals surface area contributed by atoms with Crippen molar-refractivity contribution in [2.45, 2.75) is 6.54 Å². The van der Waals surface area contributed by atoms with Crippen molar-refractivity contribution in [3.8, 4) is 0 Å². The first-order valence-electron chi connectivity index (χ1n) is 7.51. The fourth-order valence-electron chi connectivity index (χ4n) is 2.40. The Morgan fingerprint density at radius 2 is 1.50 bits per heavy atom. The Balaban J connectivity index is 1.85. The van der Waals surface area contributed by atoms with E-state index in [1.165, 1.54) is 0 Å². The minimum absolute atomic E-state index is 0.0586. The quantitative estimate of drug-likeness (QED) is 0.582. The van der Waals surface area contributed by atoms with Gasteiger partial charge in [-0.1, -0.05) is 65.7 Å². The predicted molar refractivity (Wildman–Crippen MR) is 100 cm³/mol. The zero-order valence-corrected chi connectivity index (χ0v) is 14.3. The lowest BCUT2D eigenvalue weighted by Gasteiger charge is -2.12. The van der Waals surface area contributed by atoms with Crippen LogP contribution in [0, 0.1) is 0 Å². The summed E-state index contributed by atoms with van der Waals surface area (Å²) in [6, 6.07) is 22.0. The SMILES string of the molecule is O=C(c1ccccc1)c1cc(Cl)ccc1NCc1ccc(Cl)cc1. The fourth-order valence-corrected chi connectivity index (χ4v) is 2.70. The van der Waals surface area contributed by atoms with E-state index < -0.39 is 0 Å². The average molecular weight is 356 g/mol. The minimum Gasteiger partial charge on any atom is -0.380 e. The standard InChI is InChI=1S/C20H15Cl2NO/c21-16-8-6-14(7-9-16)13-23-19-11-10-17(22)12-18(19)20(24)15-4-2-1-3-5-15/h1-12,23H,13H2. The molecule has 3 rings (SSSR count). The van der Waals surface area contributed by atoms with Gasteiger partial charge in [-0.3, -0.25) is 4.79 Å². The number of benzene rings is 3. The van der Waals surface area contributed by atoms with E-state index in [0.717, 1.165) is 11.3 Å². The summed E-state index contributed by atoms with van der Waals surface area (Å²) in [5, 5.41) is 4.54. The molecule has 0 atom stereocenters. The lowest BCUT2D eigenvalue weighted by Crippen LogP contribution is -2.08. The van der Waals surface area contributed by atoms with Crippen LogP contribution in [-0.4, -0.2) is 5.78 Å². The molecule has 0 aromatic heterocycles. The third kappa shape index (κ3) is 3.97. The van der Waals surface area contributed by atoms with E-state index >= 15 is 0 Å². The van der Waals surface area contributed by atoms with Gasteiger partial charge in [0.1, 0.15) is 0 Å². The maximum absolute atomic E-state index is 12.8. The Bertz CT molecular complexity index is 845. The van der Waals surface area contributed by atoms with Crippen molar-refractivity contribution in [3.63, 3.8) is 0 Å². The summed E-state index contributed by atoms with van der Waals surface area (Å²) in [7, 11) is 0. The fraction of sp³-hybridized carbons (Fsp3) is 0.0500. The van der Waals surface area contributed by atoms with E-state index in [1.807, 2.05) is 48.5 Å². The largest absolute Gasteiger partial charge is 0.380 e. The molecule has 0 aliphatic rings. The van der Waals surface area contributed by atoms with Gasteiger partial charge in [-0.15, -0.1) is 0 Å². The zero-order chi connectivity index (χ0) is 16.9. The monoisotopic (exact) mass is 355 g/mol. The minimum atomic E-state index is -0.0586. The van der Waals surface area contributed by atoms with Crippen molar-refractivity contribution in [2.75, 3.05) is 5.32 Å². The van der Waals surface area contributed by atoms with Gasteiger partial charge in [0.05, 0.1) is 0 Å². The summed E-state index contributed by atoms with van der Waals surface area (Å²) in [5.41, 5.74) is 3.02. The molecule has 3 aromatic carbocycles. The van der Waals surface area contributed by atoms with Crippen molar-refractivity contribution in [1.82, 2.24) is 0 Å². The summed E-state index contributed by atoms with van der Waals surface area (Å²) >= 11 is 12.0. The highest BCUT2D eigenvalue weighted by Gasteiger charge is 2.14. The second-order valence-electron chi connectivity index (χ2n) is 5.37. The number of halogens is 2. The molecule has 0 saturated heterocycles. The zero-order valence-electron chi connectivity index (χ0n) is 12.8. The van der Waals surface area contributed by atoms with Gasteiger partial charge in [-0.25, -0.2) is 0 Å². The predicted octanol–water partition coefficient (Wildman–Crippen LogP) is 5.84. The first-order valence-corrected chi connectivity index (χ1v) is 8.27. The second-order valence-corrected chi connectivity index (χ2v) is 6.24. The van der Waals surface area contributed by atoms with Crippen LogP contribution in [0.5, 0.6) is 0 Å². The van der Waals surface area contributed by atoms with Crippen LogP contribution in [0.15, 0.2) is 72.8 Å². The highest BCUT2D eigenvalue weighted by molar-refractivity contribution is 6.31. The molecule has 0 fully saturated rings. The normalized spacial score (nSPS) is 10.4. The number of carbonyl (C=O) groups excluding carboxylic acids is 1. The van der Waals surface area contributed by atoms with Crippen molar-refractivity contribution >= 4 is 34.7 Å². The van der Waals surface area contributed by atoms with Crippen LogP contribution in [0.4, 0.5) is 5.69 Å². The van der Waals surface area contributed by atoms with E-state index in [2.05, 4.69) is 5.32 Å². The molecule has 1 N–H and O–H groups in total. The number of hydrogen-bond donors (Lipinski definition) is 1. The van der Waals surface area contributed by atoms with Crippen LogP contribution in [0.2, 0.25) is 10.0 Å².